The average Bonchev–Trinajstić information content (AvgIpc) is 3.22. The summed E-state index contributed by atoms with van der Waals surface area (Å²) in [6, 6.07) is -0.877. The van der Waals surface area contributed by atoms with Crippen molar-refractivity contribution in [3.63, 3.8) is 0 Å². The second-order valence-corrected chi connectivity index (χ2v) is 6.81. The third-order valence-electron chi connectivity index (χ3n) is 4.06. The zero-order valence-electron chi connectivity index (χ0n) is 15.9. The number of nitrogens with zero attached hydrogens (tertiary/aromatic N) is 6. The van der Waals surface area contributed by atoms with E-state index < -0.39 is 6.04 Å². The molecule has 0 aliphatic heterocycles. The molecule has 9 nitrogen and oxygen atoms in total. The van der Waals surface area contributed by atoms with Crippen LogP contribution in [0.15, 0.2) is 37.2 Å². The Morgan fingerprint density at radius 3 is 2.00 bits per heavy atom. The number of carbonyl (C=O) groups is 1. The monoisotopic (exact) mass is 368 g/mol. The lowest BCUT2D eigenvalue weighted by Gasteiger charge is -2.18. The van der Waals surface area contributed by atoms with E-state index in [0.717, 1.165) is 12.2 Å². The number of hydrogen-bond donors (Lipinski definition) is 2. The zero-order chi connectivity index (χ0) is 19.4. The van der Waals surface area contributed by atoms with Crippen molar-refractivity contribution in [2.24, 2.45) is 20.0 Å². The van der Waals surface area contributed by atoms with Crippen molar-refractivity contribution in [1.82, 2.24) is 34.4 Å². The lowest BCUT2D eigenvalue weighted by molar-refractivity contribution is 0.249. The summed E-state index contributed by atoms with van der Waals surface area (Å²) < 4.78 is 3.70. The number of urea groups is 1. The quantitative estimate of drug-likeness (QED) is 0.693. The van der Waals surface area contributed by atoms with Crippen molar-refractivity contribution in [2.75, 3.05) is 5.32 Å². The summed E-state index contributed by atoms with van der Waals surface area (Å²) in [5.74, 6) is 2.60. The molecule has 0 spiro atoms. The average molecular weight is 368 g/mol. The van der Waals surface area contributed by atoms with Gasteiger partial charge < -0.3 is 19.8 Å². The SMILES string of the molecule is CC(C)Cc1ncc(NC(=O)NC(c2nccn2C)c2nccn2C)cn1. The van der Waals surface area contributed by atoms with Gasteiger partial charge in [0.2, 0.25) is 0 Å². The zero-order valence-corrected chi connectivity index (χ0v) is 15.9. The van der Waals surface area contributed by atoms with Crippen LogP contribution in [0.3, 0.4) is 0 Å². The highest BCUT2D eigenvalue weighted by Crippen LogP contribution is 2.18. The van der Waals surface area contributed by atoms with E-state index in [1.165, 1.54) is 0 Å². The van der Waals surface area contributed by atoms with Gasteiger partial charge in [0, 0.05) is 45.3 Å². The van der Waals surface area contributed by atoms with Crippen LogP contribution in [0.2, 0.25) is 0 Å². The van der Waals surface area contributed by atoms with Crippen LogP contribution in [-0.4, -0.2) is 35.1 Å². The summed E-state index contributed by atoms with van der Waals surface area (Å²) in [6.45, 7) is 4.22. The van der Waals surface area contributed by atoms with Crippen LogP contribution in [0.25, 0.3) is 0 Å². The van der Waals surface area contributed by atoms with Crippen molar-refractivity contribution < 1.29 is 4.79 Å². The molecule has 0 saturated heterocycles. The number of anilines is 1. The molecule has 142 valence electrons. The molecule has 0 atom stereocenters. The Morgan fingerprint density at radius 1 is 1.00 bits per heavy atom. The normalized spacial score (nSPS) is 11.2. The molecular formula is C18H24N8O. The first-order chi connectivity index (χ1) is 12.9. The minimum atomic E-state index is -0.494. The number of aromatic nitrogens is 6. The molecule has 0 saturated carbocycles. The highest BCUT2D eigenvalue weighted by molar-refractivity contribution is 5.89. The standard InChI is InChI=1S/C18H24N8O/c1-12(2)9-14-21-10-13(11-22-14)23-18(27)24-15(16-19-5-7-25(16)3)17-20-6-8-26(17)4/h5-8,10-12,15H,9H2,1-4H3,(H2,23,24,27). The van der Waals surface area contributed by atoms with Crippen molar-refractivity contribution in [3.8, 4) is 0 Å². The van der Waals surface area contributed by atoms with E-state index in [2.05, 4.69) is 44.4 Å². The van der Waals surface area contributed by atoms with E-state index in [9.17, 15) is 4.79 Å². The van der Waals surface area contributed by atoms with Gasteiger partial charge in [0.25, 0.3) is 0 Å². The largest absolute Gasteiger partial charge is 0.336 e. The van der Waals surface area contributed by atoms with Crippen molar-refractivity contribution in [2.45, 2.75) is 26.3 Å². The molecule has 3 heterocycles. The molecule has 0 aromatic carbocycles. The molecule has 0 fully saturated rings. The summed E-state index contributed by atoms with van der Waals surface area (Å²) in [4.78, 5) is 29.8. The first-order valence-corrected chi connectivity index (χ1v) is 8.77. The highest BCUT2D eigenvalue weighted by atomic mass is 16.2. The number of nitrogens with one attached hydrogen (secondary N) is 2. The summed E-state index contributed by atoms with van der Waals surface area (Å²) in [6.07, 6.45) is 11.0. The Labute approximate surface area is 157 Å². The fraction of sp³-hybridized carbons (Fsp3) is 0.389. The molecule has 27 heavy (non-hydrogen) atoms. The molecular weight excluding hydrogens is 344 g/mol. The van der Waals surface area contributed by atoms with Gasteiger partial charge in [-0.05, 0) is 5.92 Å². The number of aryl methyl sites for hydroxylation is 2. The van der Waals surface area contributed by atoms with E-state index >= 15 is 0 Å². The molecule has 0 aliphatic rings. The molecule has 0 aliphatic carbocycles. The topological polar surface area (TPSA) is 103 Å². The first-order valence-electron chi connectivity index (χ1n) is 8.77. The van der Waals surface area contributed by atoms with Gasteiger partial charge in [-0.2, -0.15) is 0 Å². The maximum Gasteiger partial charge on any atom is 0.320 e. The summed E-state index contributed by atoms with van der Waals surface area (Å²) in [5.41, 5.74) is 0.526. The molecule has 3 aromatic rings. The van der Waals surface area contributed by atoms with E-state index in [0.29, 0.717) is 23.3 Å². The molecule has 0 radical (unpaired) electrons. The Hall–Kier alpha value is -3.23. The summed E-state index contributed by atoms with van der Waals surface area (Å²) >= 11 is 0. The van der Waals surface area contributed by atoms with Gasteiger partial charge in [-0.1, -0.05) is 13.8 Å². The fourth-order valence-electron chi connectivity index (χ4n) is 2.74. The number of carbonyl (C=O) groups excluding carboxylic acids is 1. The lowest BCUT2D eigenvalue weighted by atomic mass is 10.1. The second-order valence-electron chi connectivity index (χ2n) is 6.81. The van der Waals surface area contributed by atoms with Crippen LogP contribution in [0.5, 0.6) is 0 Å². The predicted octanol–water partition coefficient (Wildman–Crippen LogP) is 2.05. The van der Waals surface area contributed by atoms with E-state index in [1.54, 1.807) is 24.8 Å². The fourth-order valence-corrected chi connectivity index (χ4v) is 2.74. The second kappa shape index (κ2) is 7.98. The molecule has 9 heteroatoms. The smallest absolute Gasteiger partial charge is 0.320 e. The van der Waals surface area contributed by atoms with Gasteiger partial charge in [0.1, 0.15) is 23.5 Å². The van der Waals surface area contributed by atoms with Crippen LogP contribution >= 0.6 is 0 Å². The molecule has 0 bridgehead atoms. The number of rotatable bonds is 6. The van der Waals surface area contributed by atoms with Gasteiger partial charge in [-0.25, -0.2) is 24.7 Å². The van der Waals surface area contributed by atoms with Gasteiger partial charge in [0.05, 0.1) is 18.1 Å². The van der Waals surface area contributed by atoms with E-state index in [-0.39, 0.29) is 6.03 Å². The Bertz CT molecular complexity index is 856. The minimum absolute atomic E-state index is 0.383. The predicted molar refractivity (Wildman–Crippen MR) is 101 cm³/mol. The first kappa shape index (κ1) is 18.6. The maximum atomic E-state index is 12.5. The Kier molecular flexibility index (Phi) is 5.49. The van der Waals surface area contributed by atoms with Crippen LogP contribution in [0.1, 0.15) is 37.4 Å². The third kappa shape index (κ3) is 4.49. The third-order valence-corrected chi connectivity index (χ3v) is 4.06. The van der Waals surface area contributed by atoms with Gasteiger partial charge >= 0.3 is 6.03 Å². The maximum absolute atomic E-state index is 12.5. The van der Waals surface area contributed by atoms with Crippen molar-refractivity contribution >= 4 is 11.7 Å². The van der Waals surface area contributed by atoms with Crippen molar-refractivity contribution in [3.05, 3.63) is 54.7 Å². The molecule has 0 unspecified atom stereocenters. The molecule has 3 rings (SSSR count). The highest BCUT2D eigenvalue weighted by Gasteiger charge is 2.24. The number of imidazole rings is 2. The number of hydrogen-bond acceptors (Lipinski definition) is 5. The number of amides is 2. The summed E-state index contributed by atoms with van der Waals surface area (Å²) in [5, 5.41) is 5.69. The van der Waals surface area contributed by atoms with Gasteiger partial charge in [0.15, 0.2) is 0 Å². The Morgan fingerprint density at radius 2 is 1.56 bits per heavy atom. The molecule has 2 N–H and O–H groups in total. The lowest BCUT2D eigenvalue weighted by Crippen LogP contribution is -2.36. The Balaban J connectivity index is 1.73. The van der Waals surface area contributed by atoms with Crippen molar-refractivity contribution in [1.29, 1.82) is 0 Å². The molecule has 2 amide bonds. The van der Waals surface area contributed by atoms with Crippen LogP contribution < -0.4 is 10.6 Å². The summed E-state index contributed by atoms with van der Waals surface area (Å²) in [7, 11) is 3.75. The van der Waals surface area contributed by atoms with E-state index in [1.807, 2.05) is 35.6 Å². The van der Waals surface area contributed by atoms with Gasteiger partial charge in [-0.3, -0.25) is 0 Å². The van der Waals surface area contributed by atoms with Gasteiger partial charge in [-0.15, -0.1) is 0 Å². The molecule has 3 aromatic heterocycles. The van der Waals surface area contributed by atoms with Crippen LogP contribution in [-0.2, 0) is 20.5 Å². The minimum Gasteiger partial charge on any atom is -0.336 e. The van der Waals surface area contributed by atoms with E-state index in [4.69, 9.17) is 0 Å². The van der Waals surface area contributed by atoms with Crippen LogP contribution in [0, 0.1) is 5.92 Å². The van der Waals surface area contributed by atoms with Crippen LogP contribution in [0.4, 0.5) is 10.5 Å².